The maximum absolute atomic E-state index is 13.4. The molecule has 0 aliphatic heterocycles. The number of benzene rings is 3. The summed E-state index contributed by atoms with van der Waals surface area (Å²) in [6, 6.07) is 23.7. The van der Waals surface area contributed by atoms with Gasteiger partial charge in [0.05, 0.1) is 10.6 Å². The Bertz CT molecular complexity index is 1110. The molecule has 162 valence electrons. The Morgan fingerprint density at radius 3 is 2.00 bits per heavy atom. The summed E-state index contributed by atoms with van der Waals surface area (Å²) in [6.07, 6.45) is 0. The summed E-state index contributed by atoms with van der Waals surface area (Å²) < 4.78 is 27.9. The SMILES string of the molecule is Cc1ccc(N(CC(=O)NC[C@@H](C)c2ccccc2)S(=O)(=O)c2ccc(C)cc2)cc1. The maximum Gasteiger partial charge on any atom is 0.264 e. The topological polar surface area (TPSA) is 66.5 Å². The third-order valence-electron chi connectivity index (χ3n) is 5.19. The fourth-order valence-electron chi connectivity index (χ4n) is 3.22. The number of rotatable bonds is 8. The summed E-state index contributed by atoms with van der Waals surface area (Å²) in [7, 11) is -3.90. The van der Waals surface area contributed by atoms with Gasteiger partial charge >= 0.3 is 0 Å². The van der Waals surface area contributed by atoms with Crippen molar-refractivity contribution in [3.63, 3.8) is 0 Å². The molecule has 1 N–H and O–H groups in total. The van der Waals surface area contributed by atoms with Gasteiger partial charge in [-0.15, -0.1) is 0 Å². The minimum atomic E-state index is -3.90. The van der Waals surface area contributed by atoms with Crippen LogP contribution in [-0.4, -0.2) is 27.4 Å². The Morgan fingerprint density at radius 2 is 1.42 bits per heavy atom. The lowest BCUT2D eigenvalue weighted by atomic mass is 10.0. The van der Waals surface area contributed by atoms with Gasteiger partial charge in [0.2, 0.25) is 5.91 Å². The minimum Gasteiger partial charge on any atom is -0.354 e. The van der Waals surface area contributed by atoms with E-state index in [1.54, 1.807) is 36.4 Å². The van der Waals surface area contributed by atoms with Gasteiger partial charge in [-0.25, -0.2) is 8.42 Å². The van der Waals surface area contributed by atoms with Crippen molar-refractivity contribution in [1.82, 2.24) is 5.32 Å². The zero-order chi connectivity index (χ0) is 22.4. The number of nitrogens with zero attached hydrogens (tertiary/aromatic N) is 1. The Kier molecular flexibility index (Phi) is 7.13. The van der Waals surface area contributed by atoms with Crippen LogP contribution in [0.15, 0.2) is 83.8 Å². The highest BCUT2D eigenvalue weighted by atomic mass is 32.2. The number of nitrogens with one attached hydrogen (secondary N) is 1. The number of carbonyl (C=O) groups is 1. The highest BCUT2D eigenvalue weighted by molar-refractivity contribution is 7.92. The second-order valence-electron chi connectivity index (χ2n) is 7.78. The molecule has 6 heteroatoms. The van der Waals surface area contributed by atoms with Crippen LogP contribution < -0.4 is 9.62 Å². The monoisotopic (exact) mass is 436 g/mol. The second-order valence-corrected chi connectivity index (χ2v) is 9.64. The zero-order valence-corrected chi connectivity index (χ0v) is 18.9. The van der Waals surface area contributed by atoms with E-state index in [0.717, 1.165) is 16.7 Å². The lowest BCUT2D eigenvalue weighted by Gasteiger charge is -2.24. The Hall–Kier alpha value is -3.12. The quantitative estimate of drug-likeness (QED) is 0.568. The summed E-state index contributed by atoms with van der Waals surface area (Å²) in [5.41, 5.74) is 3.55. The molecule has 0 saturated carbocycles. The van der Waals surface area contributed by atoms with Crippen LogP contribution in [0.4, 0.5) is 5.69 Å². The molecule has 0 saturated heterocycles. The smallest absolute Gasteiger partial charge is 0.264 e. The van der Waals surface area contributed by atoms with Gasteiger partial charge in [0.25, 0.3) is 10.0 Å². The predicted octanol–water partition coefficient (Wildman–Crippen LogP) is 4.42. The highest BCUT2D eigenvalue weighted by Gasteiger charge is 2.27. The van der Waals surface area contributed by atoms with Gasteiger partial charge in [-0.2, -0.15) is 0 Å². The molecule has 1 atom stereocenters. The van der Waals surface area contributed by atoms with Crippen molar-refractivity contribution in [2.75, 3.05) is 17.4 Å². The normalized spacial score (nSPS) is 12.2. The predicted molar refractivity (Wildman–Crippen MR) is 125 cm³/mol. The first-order valence-corrected chi connectivity index (χ1v) is 11.7. The highest BCUT2D eigenvalue weighted by Crippen LogP contribution is 2.24. The molecule has 0 aliphatic rings. The van der Waals surface area contributed by atoms with Crippen LogP contribution in [0, 0.1) is 13.8 Å². The number of carbonyl (C=O) groups excluding carboxylic acids is 1. The molecule has 0 radical (unpaired) electrons. The standard InChI is InChI=1S/C25H28N2O3S/c1-19-9-13-23(14-10-19)27(31(29,30)24-15-11-20(2)12-16-24)18-25(28)26-17-21(3)22-7-5-4-6-8-22/h4-16,21H,17-18H2,1-3H3,(H,26,28)/t21-/m1/s1. The van der Waals surface area contributed by atoms with Crippen molar-refractivity contribution in [1.29, 1.82) is 0 Å². The second kappa shape index (κ2) is 9.79. The van der Waals surface area contributed by atoms with E-state index < -0.39 is 10.0 Å². The van der Waals surface area contributed by atoms with E-state index >= 15 is 0 Å². The maximum atomic E-state index is 13.4. The molecule has 1 amide bonds. The largest absolute Gasteiger partial charge is 0.354 e. The molecule has 0 spiro atoms. The van der Waals surface area contributed by atoms with E-state index in [1.807, 2.05) is 63.2 Å². The fraction of sp³-hybridized carbons (Fsp3) is 0.240. The lowest BCUT2D eigenvalue weighted by molar-refractivity contribution is -0.119. The Labute approximate surface area is 184 Å². The third-order valence-corrected chi connectivity index (χ3v) is 6.98. The van der Waals surface area contributed by atoms with Gasteiger partial charge in [-0.1, -0.05) is 72.6 Å². The van der Waals surface area contributed by atoms with Crippen LogP contribution in [0.25, 0.3) is 0 Å². The van der Waals surface area contributed by atoms with Crippen molar-refractivity contribution in [2.24, 2.45) is 0 Å². The van der Waals surface area contributed by atoms with E-state index in [1.165, 1.54) is 4.31 Å². The van der Waals surface area contributed by atoms with Crippen LogP contribution in [-0.2, 0) is 14.8 Å². The number of anilines is 1. The van der Waals surface area contributed by atoms with Crippen LogP contribution in [0.1, 0.15) is 29.5 Å². The van der Waals surface area contributed by atoms with Crippen LogP contribution >= 0.6 is 0 Å². The molecule has 0 aliphatic carbocycles. The molecule has 3 rings (SSSR count). The van der Waals surface area contributed by atoms with Crippen LogP contribution in [0.5, 0.6) is 0 Å². The molecule has 5 nitrogen and oxygen atoms in total. The lowest BCUT2D eigenvalue weighted by Crippen LogP contribution is -2.41. The average Bonchev–Trinajstić information content (AvgIpc) is 2.77. The van der Waals surface area contributed by atoms with Crippen molar-refractivity contribution in [2.45, 2.75) is 31.6 Å². The summed E-state index contributed by atoms with van der Waals surface area (Å²) in [4.78, 5) is 12.9. The Balaban J connectivity index is 1.80. The summed E-state index contributed by atoms with van der Waals surface area (Å²) in [6.45, 7) is 5.99. The molecular formula is C25H28N2O3S. The van der Waals surface area contributed by atoms with E-state index in [4.69, 9.17) is 0 Å². The molecule has 3 aromatic carbocycles. The summed E-state index contributed by atoms with van der Waals surface area (Å²) in [5.74, 6) is -0.231. The van der Waals surface area contributed by atoms with E-state index in [2.05, 4.69) is 5.32 Å². The molecule has 0 aromatic heterocycles. The van der Waals surface area contributed by atoms with Gasteiger partial charge < -0.3 is 5.32 Å². The first-order valence-electron chi connectivity index (χ1n) is 10.2. The number of hydrogen-bond acceptors (Lipinski definition) is 3. The van der Waals surface area contributed by atoms with E-state index in [9.17, 15) is 13.2 Å². The zero-order valence-electron chi connectivity index (χ0n) is 18.1. The summed E-state index contributed by atoms with van der Waals surface area (Å²) in [5, 5.41) is 2.88. The van der Waals surface area contributed by atoms with Crippen molar-refractivity contribution in [3.8, 4) is 0 Å². The molecule has 3 aromatic rings. The first-order chi connectivity index (χ1) is 14.8. The molecule has 0 fully saturated rings. The van der Waals surface area contributed by atoms with Crippen molar-refractivity contribution < 1.29 is 13.2 Å². The van der Waals surface area contributed by atoms with Crippen LogP contribution in [0.3, 0.4) is 0 Å². The number of sulfonamides is 1. The number of amides is 1. The van der Waals surface area contributed by atoms with E-state index in [0.29, 0.717) is 12.2 Å². The van der Waals surface area contributed by atoms with Crippen molar-refractivity contribution >= 4 is 21.6 Å². The molecule has 31 heavy (non-hydrogen) atoms. The molecular weight excluding hydrogens is 408 g/mol. The van der Waals surface area contributed by atoms with Gasteiger partial charge in [0.1, 0.15) is 6.54 Å². The molecule has 0 bridgehead atoms. The van der Waals surface area contributed by atoms with Gasteiger partial charge in [-0.05, 0) is 49.6 Å². The average molecular weight is 437 g/mol. The van der Waals surface area contributed by atoms with E-state index in [-0.39, 0.29) is 23.3 Å². The van der Waals surface area contributed by atoms with Gasteiger partial charge in [0, 0.05) is 6.54 Å². The van der Waals surface area contributed by atoms with Crippen molar-refractivity contribution in [3.05, 3.63) is 95.6 Å². The fourth-order valence-corrected chi connectivity index (χ4v) is 4.64. The van der Waals surface area contributed by atoms with Crippen LogP contribution in [0.2, 0.25) is 0 Å². The summed E-state index contributed by atoms with van der Waals surface area (Å²) >= 11 is 0. The first kappa shape index (κ1) is 22.6. The molecule has 0 unspecified atom stereocenters. The molecule has 0 heterocycles. The number of aryl methyl sites for hydroxylation is 2. The number of hydrogen-bond donors (Lipinski definition) is 1. The third kappa shape index (κ3) is 5.73. The Morgan fingerprint density at radius 1 is 0.871 bits per heavy atom. The van der Waals surface area contributed by atoms with Gasteiger partial charge in [0.15, 0.2) is 0 Å². The van der Waals surface area contributed by atoms with Gasteiger partial charge in [-0.3, -0.25) is 9.10 Å². The minimum absolute atomic E-state index is 0.117.